The van der Waals surface area contributed by atoms with Gasteiger partial charge < -0.3 is 9.64 Å². The van der Waals surface area contributed by atoms with Gasteiger partial charge in [-0.3, -0.25) is 0 Å². The first-order valence-electron chi connectivity index (χ1n) is 9.75. The number of hydrogen-bond acceptors (Lipinski definition) is 6. The van der Waals surface area contributed by atoms with Gasteiger partial charge in [-0.1, -0.05) is 40.2 Å². The van der Waals surface area contributed by atoms with Gasteiger partial charge in [0.05, 0.1) is 22.9 Å². The van der Waals surface area contributed by atoms with Gasteiger partial charge in [0, 0.05) is 29.4 Å². The molecule has 1 fully saturated rings. The molecule has 0 amide bonds. The lowest BCUT2D eigenvalue weighted by molar-refractivity contribution is 0.416. The van der Waals surface area contributed by atoms with Gasteiger partial charge in [-0.2, -0.15) is 0 Å². The van der Waals surface area contributed by atoms with Crippen molar-refractivity contribution in [2.75, 3.05) is 25.1 Å². The molecule has 3 aromatic rings. The van der Waals surface area contributed by atoms with Crippen LogP contribution in [-0.4, -0.2) is 38.9 Å². The molecule has 1 aromatic heterocycles. The predicted octanol–water partition coefficient (Wildman–Crippen LogP) is 5.16. The molecule has 0 spiro atoms. The van der Waals surface area contributed by atoms with Crippen molar-refractivity contribution in [2.24, 2.45) is 0 Å². The van der Waals surface area contributed by atoms with Crippen LogP contribution in [0.15, 0.2) is 58.8 Å². The number of ether oxygens (including phenoxy) is 1. The zero-order valence-electron chi connectivity index (χ0n) is 16.6. The molecule has 1 aliphatic heterocycles. The average molecular weight is 507 g/mol. The number of hydrogen-bond donors (Lipinski definition) is 0. The Kier molecular flexibility index (Phi) is 6.46. The van der Waals surface area contributed by atoms with Gasteiger partial charge in [0.15, 0.2) is 15.0 Å². The largest absolute Gasteiger partial charge is 0.496 e. The van der Waals surface area contributed by atoms with Crippen LogP contribution in [0.2, 0.25) is 0 Å². The Labute approximate surface area is 189 Å². The summed E-state index contributed by atoms with van der Waals surface area (Å²) in [5, 5.41) is 3.32. The van der Waals surface area contributed by atoms with Gasteiger partial charge in [-0.25, -0.2) is 13.4 Å². The highest BCUT2D eigenvalue weighted by Gasteiger charge is 2.32. The van der Waals surface area contributed by atoms with Crippen LogP contribution in [0.25, 0.3) is 11.3 Å². The molecule has 4 rings (SSSR count). The minimum Gasteiger partial charge on any atom is -0.496 e. The number of para-hydroxylation sites is 1. The quantitative estimate of drug-likeness (QED) is 0.432. The molecule has 5 nitrogen and oxygen atoms in total. The SMILES string of the molecule is COc1ccccc1-c1csc(N2CCC(S(=O)(=O)c3ccc(CBr)cc3)CC2)n1. The number of halogens is 1. The molecule has 0 aliphatic carbocycles. The Morgan fingerprint density at radius 3 is 2.50 bits per heavy atom. The van der Waals surface area contributed by atoms with Gasteiger partial charge in [0.2, 0.25) is 0 Å². The number of benzene rings is 2. The first kappa shape index (κ1) is 21.3. The maximum Gasteiger partial charge on any atom is 0.185 e. The number of nitrogens with zero attached hydrogens (tertiary/aromatic N) is 2. The van der Waals surface area contributed by atoms with E-state index in [1.165, 1.54) is 0 Å². The molecule has 1 saturated heterocycles. The van der Waals surface area contributed by atoms with Crippen LogP contribution in [-0.2, 0) is 15.2 Å². The molecular formula is C22H23BrN2O3S2. The number of piperidine rings is 1. The van der Waals surface area contributed by atoms with Crippen molar-refractivity contribution >= 4 is 42.2 Å². The molecule has 0 radical (unpaired) electrons. The first-order valence-corrected chi connectivity index (χ1v) is 13.3. The number of alkyl halides is 1. The van der Waals surface area contributed by atoms with Crippen molar-refractivity contribution in [3.8, 4) is 17.0 Å². The van der Waals surface area contributed by atoms with Crippen molar-refractivity contribution in [1.82, 2.24) is 4.98 Å². The molecule has 8 heteroatoms. The number of methoxy groups -OCH3 is 1. The third-order valence-corrected chi connectivity index (χ3v) is 9.26. The minimum atomic E-state index is -3.31. The highest BCUT2D eigenvalue weighted by molar-refractivity contribution is 9.08. The maximum absolute atomic E-state index is 13.0. The lowest BCUT2D eigenvalue weighted by Gasteiger charge is -2.31. The second-order valence-corrected chi connectivity index (χ2v) is 10.8. The van der Waals surface area contributed by atoms with Crippen LogP contribution < -0.4 is 9.64 Å². The van der Waals surface area contributed by atoms with Gasteiger partial charge >= 0.3 is 0 Å². The number of rotatable bonds is 6. The standard InChI is InChI=1S/C22H23BrN2O3S2/c1-28-21-5-3-2-4-19(21)20-15-29-22(24-20)25-12-10-18(11-13-25)30(26,27)17-8-6-16(14-23)7-9-17/h2-9,15,18H,10-14H2,1H3. The first-order chi connectivity index (χ1) is 14.5. The zero-order valence-corrected chi connectivity index (χ0v) is 19.8. The van der Waals surface area contributed by atoms with E-state index in [0.29, 0.717) is 30.8 Å². The van der Waals surface area contributed by atoms with E-state index < -0.39 is 9.84 Å². The second kappa shape index (κ2) is 9.08. The molecule has 0 saturated carbocycles. The van der Waals surface area contributed by atoms with Crippen molar-refractivity contribution in [2.45, 2.75) is 28.3 Å². The number of sulfone groups is 1. The summed E-state index contributed by atoms with van der Waals surface area (Å²) < 4.78 is 31.5. The van der Waals surface area contributed by atoms with E-state index in [9.17, 15) is 8.42 Å². The average Bonchev–Trinajstić information content (AvgIpc) is 3.29. The van der Waals surface area contributed by atoms with Crippen LogP contribution in [0, 0.1) is 0 Å². The number of aromatic nitrogens is 1. The van der Waals surface area contributed by atoms with Crippen LogP contribution in [0.1, 0.15) is 18.4 Å². The maximum atomic E-state index is 13.0. The Hall–Kier alpha value is -1.90. The third kappa shape index (κ3) is 4.26. The highest BCUT2D eigenvalue weighted by Crippen LogP contribution is 2.35. The van der Waals surface area contributed by atoms with Crippen molar-refractivity contribution in [3.05, 3.63) is 59.5 Å². The van der Waals surface area contributed by atoms with E-state index in [4.69, 9.17) is 9.72 Å². The van der Waals surface area contributed by atoms with Gasteiger partial charge in [-0.05, 0) is 42.7 Å². The third-order valence-electron chi connectivity index (χ3n) is 5.43. The van der Waals surface area contributed by atoms with E-state index in [1.807, 2.05) is 41.8 Å². The molecule has 0 atom stereocenters. The lowest BCUT2D eigenvalue weighted by atomic mass is 10.1. The Balaban J connectivity index is 1.45. The van der Waals surface area contributed by atoms with Crippen molar-refractivity contribution in [1.29, 1.82) is 0 Å². The van der Waals surface area contributed by atoms with Crippen molar-refractivity contribution in [3.63, 3.8) is 0 Å². The van der Waals surface area contributed by atoms with Crippen molar-refractivity contribution < 1.29 is 13.2 Å². The van der Waals surface area contributed by atoms with Crippen LogP contribution >= 0.6 is 27.3 Å². The fraction of sp³-hybridized carbons (Fsp3) is 0.318. The fourth-order valence-electron chi connectivity index (χ4n) is 3.71. The summed E-state index contributed by atoms with van der Waals surface area (Å²) in [6.45, 7) is 1.37. The molecule has 0 bridgehead atoms. The minimum absolute atomic E-state index is 0.350. The van der Waals surface area contributed by atoms with Crippen LogP contribution in [0.4, 0.5) is 5.13 Å². The molecular weight excluding hydrogens is 484 g/mol. The molecule has 30 heavy (non-hydrogen) atoms. The summed E-state index contributed by atoms with van der Waals surface area (Å²) in [5.41, 5.74) is 2.92. The Morgan fingerprint density at radius 2 is 1.83 bits per heavy atom. The molecule has 0 N–H and O–H groups in total. The fourth-order valence-corrected chi connectivity index (χ4v) is 6.69. The topological polar surface area (TPSA) is 59.5 Å². The van der Waals surface area contributed by atoms with Gasteiger partial charge in [0.1, 0.15) is 5.75 Å². The summed E-state index contributed by atoms with van der Waals surface area (Å²) in [5.74, 6) is 0.796. The van der Waals surface area contributed by atoms with E-state index in [2.05, 4.69) is 20.8 Å². The number of anilines is 1. The summed E-state index contributed by atoms with van der Waals surface area (Å²) >= 11 is 4.98. The summed E-state index contributed by atoms with van der Waals surface area (Å²) in [6, 6.07) is 15.0. The van der Waals surface area contributed by atoms with Crippen LogP contribution in [0.5, 0.6) is 5.75 Å². The molecule has 2 heterocycles. The monoisotopic (exact) mass is 506 g/mol. The Morgan fingerprint density at radius 1 is 1.13 bits per heavy atom. The summed E-state index contributed by atoms with van der Waals surface area (Å²) in [7, 11) is -1.66. The Bertz CT molecular complexity index is 1110. The zero-order chi connectivity index (χ0) is 21.1. The highest BCUT2D eigenvalue weighted by atomic mass is 79.9. The lowest BCUT2D eigenvalue weighted by Crippen LogP contribution is -2.39. The second-order valence-electron chi connectivity index (χ2n) is 7.22. The molecule has 1 aliphatic rings. The van der Waals surface area contributed by atoms with E-state index >= 15 is 0 Å². The van der Waals surface area contributed by atoms with E-state index in [1.54, 1.807) is 30.6 Å². The smallest absolute Gasteiger partial charge is 0.185 e. The van der Waals surface area contributed by atoms with E-state index in [0.717, 1.165) is 33.0 Å². The predicted molar refractivity (Wildman–Crippen MR) is 126 cm³/mol. The normalized spacial score (nSPS) is 15.3. The molecule has 2 aromatic carbocycles. The summed E-state index contributed by atoms with van der Waals surface area (Å²) in [6.07, 6.45) is 1.21. The van der Waals surface area contributed by atoms with Gasteiger partial charge in [0.25, 0.3) is 0 Å². The number of thiazole rings is 1. The van der Waals surface area contributed by atoms with Crippen LogP contribution in [0.3, 0.4) is 0 Å². The summed E-state index contributed by atoms with van der Waals surface area (Å²) in [4.78, 5) is 7.39. The molecule has 158 valence electrons. The molecule has 0 unspecified atom stereocenters. The van der Waals surface area contributed by atoms with Gasteiger partial charge in [-0.15, -0.1) is 11.3 Å². The van der Waals surface area contributed by atoms with E-state index in [-0.39, 0.29) is 5.25 Å².